The molecule has 0 unspecified atom stereocenters. The van der Waals surface area contributed by atoms with Gasteiger partial charge in [0.25, 0.3) is 5.91 Å². The maximum absolute atomic E-state index is 13.7. The minimum absolute atomic E-state index is 0.0279. The summed E-state index contributed by atoms with van der Waals surface area (Å²) < 4.78 is 13.0. The molecule has 1 atom stereocenters. The molecule has 1 aliphatic rings. The maximum atomic E-state index is 13.7. The lowest BCUT2D eigenvalue weighted by Crippen LogP contribution is -2.43. The SMILES string of the molecule is CCn1c(-c2cccc(OC)c2)nc2cc(NC(C)=O)cc(C(=O)N3CCC[C@H](OC)C3)c21. The molecule has 1 fully saturated rings. The lowest BCUT2D eigenvalue weighted by Gasteiger charge is -2.32. The molecule has 0 saturated carbocycles. The van der Waals surface area contributed by atoms with E-state index in [-0.39, 0.29) is 17.9 Å². The first-order valence-electron chi connectivity index (χ1n) is 11.2. The lowest BCUT2D eigenvalue weighted by molar-refractivity contribution is -0.114. The number of benzene rings is 2. The second-order valence-electron chi connectivity index (χ2n) is 8.24. The summed E-state index contributed by atoms with van der Waals surface area (Å²) in [5, 5.41) is 2.82. The second-order valence-corrected chi connectivity index (χ2v) is 8.24. The van der Waals surface area contributed by atoms with Crippen molar-refractivity contribution in [3.05, 3.63) is 42.0 Å². The zero-order chi connectivity index (χ0) is 23.5. The Hall–Kier alpha value is -3.39. The summed E-state index contributed by atoms with van der Waals surface area (Å²) >= 11 is 0. The predicted octanol–water partition coefficient (Wildman–Crippen LogP) is 3.94. The number of hydrogen-bond acceptors (Lipinski definition) is 5. The summed E-state index contributed by atoms with van der Waals surface area (Å²) in [6.07, 6.45) is 1.86. The maximum Gasteiger partial charge on any atom is 0.256 e. The number of methoxy groups -OCH3 is 2. The Morgan fingerprint density at radius 2 is 2.03 bits per heavy atom. The van der Waals surface area contributed by atoms with Gasteiger partial charge in [-0.1, -0.05) is 12.1 Å². The smallest absolute Gasteiger partial charge is 0.256 e. The van der Waals surface area contributed by atoms with Crippen LogP contribution in [0.1, 0.15) is 37.0 Å². The van der Waals surface area contributed by atoms with Crippen LogP contribution >= 0.6 is 0 Å². The molecular weight excluding hydrogens is 420 g/mol. The van der Waals surface area contributed by atoms with E-state index in [0.29, 0.717) is 36.4 Å². The molecule has 1 saturated heterocycles. The number of imidazole rings is 1. The quantitative estimate of drug-likeness (QED) is 0.615. The number of nitrogens with one attached hydrogen (secondary N) is 1. The molecule has 1 aliphatic heterocycles. The van der Waals surface area contributed by atoms with E-state index in [1.165, 1.54) is 6.92 Å². The van der Waals surface area contributed by atoms with Crippen LogP contribution in [0.4, 0.5) is 5.69 Å². The van der Waals surface area contributed by atoms with Crippen molar-refractivity contribution in [1.29, 1.82) is 0 Å². The number of ether oxygens (including phenoxy) is 2. The van der Waals surface area contributed by atoms with E-state index in [9.17, 15) is 9.59 Å². The van der Waals surface area contributed by atoms with Gasteiger partial charge in [0.1, 0.15) is 11.6 Å². The van der Waals surface area contributed by atoms with Gasteiger partial charge in [-0.15, -0.1) is 0 Å². The highest BCUT2D eigenvalue weighted by atomic mass is 16.5. The van der Waals surface area contributed by atoms with Crippen molar-refractivity contribution in [2.75, 3.05) is 32.6 Å². The van der Waals surface area contributed by atoms with Crippen LogP contribution in [0.3, 0.4) is 0 Å². The van der Waals surface area contributed by atoms with Crippen molar-refractivity contribution in [1.82, 2.24) is 14.5 Å². The van der Waals surface area contributed by atoms with Crippen molar-refractivity contribution in [3.63, 3.8) is 0 Å². The molecule has 1 N–H and O–H groups in total. The van der Waals surface area contributed by atoms with Crippen molar-refractivity contribution in [2.45, 2.75) is 39.3 Å². The number of aromatic nitrogens is 2. The van der Waals surface area contributed by atoms with E-state index in [4.69, 9.17) is 14.5 Å². The Kier molecular flexibility index (Phi) is 6.65. The number of amides is 2. The largest absolute Gasteiger partial charge is 0.497 e. The summed E-state index contributed by atoms with van der Waals surface area (Å²) in [5.74, 6) is 1.19. The summed E-state index contributed by atoms with van der Waals surface area (Å²) in [7, 11) is 3.31. The van der Waals surface area contributed by atoms with Crippen molar-refractivity contribution < 1.29 is 19.1 Å². The van der Waals surface area contributed by atoms with Crippen molar-refractivity contribution in [3.8, 4) is 17.1 Å². The molecule has 8 nitrogen and oxygen atoms in total. The minimum Gasteiger partial charge on any atom is -0.497 e. The molecule has 33 heavy (non-hydrogen) atoms. The normalized spacial score (nSPS) is 16.1. The number of rotatable bonds is 6. The Labute approximate surface area is 193 Å². The van der Waals surface area contributed by atoms with Gasteiger partial charge in [0.2, 0.25) is 5.91 Å². The molecular formula is C25H30N4O4. The molecule has 1 aromatic heterocycles. The first-order chi connectivity index (χ1) is 15.9. The van der Waals surface area contributed by atoms with Gasteiger partial charge in [0, 0.05) is 44.9 Å². The number of likely N-dealkylation sites (tertiary alicyclic amines) is 1. The zero-order valence-electron chi connectivity index (χ0n) is 19.6. The number of piperidine rings is 1. The van der Waals surface area contributed by atoms with E-state index in [2.05, 4.69) is 5.32 Å². The summed E-state index contributed by atoms with van der Waals surface area (Å²) in [5.41, 5.74) is 3.39. The van der Waals surface area contributed by atoms with Crippen LogP contribution in [-0.4, -0.2) is 59.7 Å². The van der Waals surface area contributed by atoms with E-state index in [1.807, 2.05) is 46.7 Å². The lowest BCUT2D eigenvalue weighted by atomic mass is 10.0. The predicted molar refractivity (Wildman–Crippen MR) is 128 cm³/mol. The monoisotopic (exact) mass is 450 g/mol. The number of carbonyl (C=O) groups is 2. The molecule has 4 rings (SSSR count). The van der Waals surface area contributed by atoms with Crippen molar-refractivity contribution >= 4 is 28.5 Å². The van der Waals surface area contributed by atoms with Gasteiger partial charge in [-0.2, -0.15) is 0 Å². The van der Waals surface area contributed by atoms with Crippen LogP contribution in [0.25, 0.3) is 22.4 Å². The molecule has 2 aromatic carbocycles. The highest BCUT2D eigenvalue weighted by molar-refractivity contribution is 6.08. The number of anilines is 1. The van der Waals surface area contributed by atoms with E-state index in [0.717, 1.165) is 35.5 Å². The summed E-state index contributed by atoms with van der Waals surface area (Å²) in [6.45, 7) is 5.33. The third kappa shape index (κ3) is 4.57. The summed E-state index contributed by atoms with van der Waals surface area (Å²) in [4.78, 5) is 32.2. The molecule has 0 bridgehead atoms. The van der Waals surface area contributed by atoms with Gasteiger partial charge in [0.05, 0.1) is 29.8 Å². The van der Waals surface area contributed by atoms with Crippen LogP contribution in [0.2, 0.25) is 0 Å². The van der Waals surface area contributed by atoms with Gasteiger partial charge in [-0.25, -0.2) is 4.98 Å². The average Bonchev–Trinajstić information content (AvgIpc) is 3.21. The van der Waals surface area contributed by atoms with Crippen molar-refractivity contribution in [2.24, 2.45) is 0 Å². The Balaban J connectivity index is 1.89. The fourth-order valence-corrected chi connectivity index (χ4v) is 4.48. The van der Waals surface area contributed by atoms with E-state index < -0.39 is 0 Å². The molecule has 0 aliphatic carbocycles. The fraction of sp³-hybridized carbons (Fsp3) is 0.400. The molecule has 174 valence electrons. The molecule has 3 aromatic rings. The zero-order valence-corrected chi connectivity index (χ0v) is 19.6. The number of nitrogens with zero attached hydrogens (tertiary/aromatic N) is 3. The van der Waals surface area contributed by atoms with Crippen LogP contribution in [0.5, 0.6) is 5.75 Å². The number of fused-ring (bicyclic) bond motifs is 1. The molecule has 2 heterocycles. The van der Waals surface area contributed by atoms with Gasteiger partial charge in [-0.05, 0) is 44.0 Å². The van der Waals surface area contributed by atoms with Crippen LogP contribution in [0.15, 0.2) is 36.4 Å². The van der Waals surface area contributed by atoms with E-state index >= 15 is 0 Å². The summed E-state index contributed by atoms with van der Waals surface area (Å²) in [6, 6.07) is 11.3. The number of aryl methyl sites for hydroxylation is 1. The first-order valence-corrected chi connectivity index (χ1v) is 11.2. The van der Waals surface area contributed by atoms with Gasteiger partial charge >= 0.3 is 0 Å². The highest BCUT2D eigenvalue weighted by Crippen LogP contribution is 2.32. The Bertz CT molecular complexity index is 1190. The topological polar surface area (TPSA) is 85.7 Å². The van der Waals surface area contributed by atoms with Crippen LogP contribution < -0.4 is 10.1 Å². The Morgan fingerprint density at radius 3 is 2.73 bits per heavy atom. The van der Waals surface area contributed by atoms with Crippen LogP contribution in [-0.2, 0) is 16.1 Å². The third-order valence-electron chi connectivity index (χ3n) is 6.04. The number of hydrogen-bond donors (Lipinski definition) is 1. The van der Waals surface area contributed by atoms with Gasteiger partial charge in [0.15, 0.2) is 0 Å². The second kappa shape index (κ2) is 9.62. The molecule has 2 amide bonds. The van der Waals surface area contributed by atoms with Crippen LogP contribution in [0, 0.1) is 0 Å². The molecule has 8 heteroatoms. The standard InChI is InChI=1S/C25H30N4O4/c1-5-29-23-21(25(31)28-11-7-10-20(15-28)33-4)13-18(26-16(2)30)14-22(23)27-24(29)17-8-6-9-19(12-17)32-3/h6,8-9,12-14,20H,5,7,10-11,15H2,1-4H3,(H,26,30)/t20-/m0/s1. The van der Waals surface area contributed by atoms with Gasteiger partial charge < -0.3 is 24.3 Å². The molecule has 0 radical (unpaired) electrons. The van der Waals surface area contributed by atoms with E-state index in [1.54, 1.807) is 20.3 Å². The minimum atomic E-state index is -0.201. The number of carbonyl (C=O) groups excluding carboxylic acids is 2. The highest BCUT2D eigenvalue weighted by Gasteiger charge is 2.28. The molecule has 0 spiro atoms. The third-order valence-corrected chi connectivity index (χ3v) is 6.04. The Morgan fingerprint density at radius 1 is 1.21 bits per heavy atom. The average molecular weight is 451 g/mol. The van der Waals surface area contributed by atoms with Gasteiger partial charge in [-0.3, -0.25) is 9.59 Å². The first kappa shape index (κ1) is 22.8. The fourth-order valence-electron chi connectivity index (χ4n) is 4.48.